The lowest BCUT2D eigenvalue weighted by atomic mass is 10.2. The van der Waals surface area contributed by atoms with Crippen molar-refractivity contribution in [3.63, 3.8) is 0 Å². The number of hydrogen-bond donors (Lipinski definition) is 0. The quantitative estimate of drug-likeness (QED) is 0.786. The van der Waals surface area contributed by atoms with Gasteiger partial charge in [0.15, 0.2) is 5.82 Å². The molecular formula is C15H20N4O4S2. The minimum absolute atomic E-state index is 0.00536. The Morgan fingerprint density at radius 3 is 2.80 bits per heavy atom. The molecule has 0 radical (unpaired) electrons. The van der Waals surface area contributed by atoms with Crippen LogP contribution in [0.5, 0.6) is 0 Å². The average molecular weight is 384 g/mol. The number of aryl methyl sites for hydroxylation is 1. The van der Waals surface area contributed by atoms with Crippen LogP contribution in [-0.4, -0.2) is 59.6 Å². The molecule has 1 saturated heterocycles. The normalized spacial score (nSPS) is 19.8. The molecule has 136 valence electrons. The van der Waals surface area contributed by atoms with Gasteiger partial charge >= 0.3 is 0 Å². The first kappa shape index (κ1) is 18.0. The van der Waals surface area contributed by atoms with Gasteiger partial charge in [0.1, 0.15) is 6.04 Å². The second-order valence-corrected chi connectivity index (χ2v) is 8.76. The molecule has 2 aromatic heterocycles. The van der Waals surface area contributed by atoms with Crippen LogP contribution >= 0.6 is 11.3 Å². The average Bonchev–Trinajstić information content (AvgIpc) is 3.12. The standard InChI is InChI=1S/C15H20N4O4S2/c1-11-16-15(23-17-11)13-3-5-18(6-7-19(13)25(2,21)22)14(20)9-12-4-8-24-10-12/h4,8,10,13H,3,5-7,9H2,1-2H3. The van der Waals surface area contributed by atoms with E-state index in [1.165, 1.54) is 4.31 Å². The van der Waals surface area contributed by atoms with Gasteiger partial charge in [-0.1, -0.05) is 5.16 Å². The van der Waals surface area contributed by atoms with Gasteiger partial charge in [-0.2, -0.15) is 20.6 Å². The lowest BCUT2D eigenvalue weighted by Crippen LogP contribution is -2.38. The number of aromatic nitrogens is 2. The zero-order chi connectivity index (χ0) is 18.0. The molecule has 25 heavy (non-hydrogen) atoms. The summed E-state index contributed by atoms with van der Waals surface area (Å²) >= 11 is 1.55. The van der Waals surface area contributed by atoms with Crippen LogP contribution in [0.3, 0.4) is 0 Å². The molecule has 1 atom stereocenters. The van der Waals surface area contributed by atoms with Crippen molar-refractivity contribution in [2.45, 2.75) is 25.8 Å². The van der Waals surface area contributed by atoms with Gasteiger partial charge in [0.05, 0.1) is 12.7 Å². The van der Waals surface area contributed by atoms with E-state index in [0.29, 0.717) is 31.8 Å². The van der Waals surface area contributed by atoms with E-state index in [-0.39, 0.29) is 18.3 Å². The predicted octanol–water partition coefficient (Wildman–Crippen LogP) is 1.22. The van der Waals surface area contributed by atoms with Crippen LogP contribution in [0.4, 0.5) is 0 Å². The van der Waals surface area contributed by atoms with Crippen molar-refractivity contribution in [3.8, 4) is 0 Å². The predicted molar refractivity (Wildman–Crippen MR) is 92.5 cm³/mol. The molecule has 0 spiro atoms. The van der Waals surface area contributed by atoms with Gasteiger partial charge in [-0.05, 0) is 35.7 Å². The van der Waals surface area contributed by atoms with E-state index in [0.717, 1.165) is 11.8 Å². The number of thiophene rings is 1. The van der Waals surface area contributed by atoms with Crippen molar-refractivity contribution >= 4 is 27.3 Å². The summed E-state index contributed by atoms with van der Waals surface area (Å²) in [5, 5.41) is 7.64. The SMILES string of the molecule is Cc1noc(C2CCN(C(=O)Cc3ccsc3)CCN2S(C)(=O)=O)n1. The van der Waals surface area contributed by atoms with Crippen molar-refractivity contribution in [2.75, 3.05) is 25.9 Å². The van der Waals surface area contributed by atoms with Crippen molar-refractivity contribution in [3.05, 3.63) is 34.1 Å². The summed E-state index contributed by atoms with van der Waals surface area (Å²) in [6.45, 7) is 2.69. The second-order valence-electron chi connectivity index (χ2n) is 6.05. The summed E-state index contributed by atoms with van der Waals surface area (Å²) in [7, 11) is -3.47. The lowest BCUT2D eigenvalue weighted by Gasteiger charge is -2.24. The third-order valence-corrected chi connectivity index (χ3v) is 6.17. The maximum Gasteiger partial charge on any atom is 0.245 e. The van der Waals surface area contributed by atoms with Crippen LogP contribution in [-0.2, 0) is 21.2 Å². The first-order valence-electron chi connectivity index (χ1n) is 7.90. The molecule has 1 fully saturated rings. The van der Waals surface area contributed by atoms with E-state index >= 15 is 0 Å². The highest BCUT2D eigenvalue weighted by molar-refractivity contribution is 7.88. The molecule has 0 aliphatic carbocycles. The zero-order valence-electron chi connectivity index (χ0n) is 14.1. The Balaban J connectivity index is 1.78. The van der Waals surface area contributed by atoms with Gasteiger partial charge in [0, 0.05) is 19.6 Å². The Labute approximate surface area is 150 Å². The fourth-order valence-electron chi connectivity index (χ4n) is 2.93. The maximum absolute atomic E-state index is 12.5. The smallest absolute Gasteiger partial charge is 0.245 e. The Kier molecular flexibility index (Phi) is 5.21. The Bertz CT molecular complexity index is 832. The molecule has 3 rings (SSSR count). The number of carbonyl (C=O) groups excluding carboxylic acids is 1. The third kappa shape index (κ3) is 4.25. The molecule has 1 aliphatic heterocycles. The first-order chi connectivity index (χ1) is 11.8. The number of carbonyl (C=O) groups is 1. The summed E-state index contributed by atoms with van der Waals surface area (Å²) in [6.07, 6.45) is 1.91. The molecule has 0 bridgehead atoms. The van der Waals surface area contributed by atoms with E-state index in [1.807, 2.05) is 16.8 Å². The summed E-state index contributed by atoms with van der Waals surface area (Å²) in [4.78, 5) is 18.4. The van der Waals surface area contributed by atoms with E-state index < -0.39 is 16.1 Å². The molecule has 8 nitrogen and oxygen atoms in total. The fraction of sp³-hybridized carbons (Fsp3) is 0.533. The molecular weight excluding hydrogens is 364 g/mol. The van der Waals surface area contributed by atoms with Crippen molar-refractivity contribution in [1.82, 2.24) is 19.3 Å². The largest absolute Gasteiger partial charge is 0.341 e. The maximum atomic E-state index is 12.5. The number of sulfonamides is 1. The van der Waals surface area contributed by atoms with Crippen LogP contribution < -0.4 is 0 Å². The third-order valence-electron chi connectivity index (χ3n) is 4.15. The lowest BCUT2D eigenvalue weighted by molar-refractivity contribution is -0.130. The molecule has 3 heterocycles. The van der Waals surface area contributed by atoms with Crippen LogP contribution in [0.2, 0.25) is 0 Å². The molecule has 10 heteroatoms. The van der Waals surface area contributed by atoms with Crippen LogP contribution in [0.1, 0.15) is 29.7 Å². The summed E-state index contributed by atoms with van der Waals surface area (Å²) in [5.41, 5.74) is 0.975. The minimum Gasteiger partial charge on any atom is -0.341 e. The Morgan fingerprint density at radius 1 is 1.40 bits per heavy atom. The number of nitrogens with zero attached hydrogens (tertiary/aromatic N) is 4. The van der Waals surface area contributed by atoms with E-state index in [2.05, 4.69) is 10.1 Å². The molecule has 1 aliphatic rings. The first-order valence-corrected chi connectivity index (χ1v) is 10.7. The molecule has 0 saturated carbocycles. The highest BCUT2D eigenvalue weighted by Gasteiger charge is 2.35. The van der Waals surface area contributed by atoms with Gasteiger partial charge in [0.25, 0.3) is 0 Å². The van der Waals surface area contributed by atoms with E-state index in [9.17, 15) is 13.2 Å². The minimum atomic E-state index is -3.47. The molecule has 2 aromatic rings. The van der Waals surface area contributed by atoms with Gasteiger partial charge in [-0.25, -0.2) is 8.42 Å². The van der Waals surface area contributed by atoms with Crippen LogP contribution in [0, 0.1) is 6.92 Å². The summed E-state index contributed by atoms with van der Waals surface area (Å²) in [5.74, 6) is 0.724. The number of hydrogen-bond acceptors (Lipinski definition) is 7. The van der Waals surface area contributed by atoms with Crippen LogP contribution in [0.15, 0.2) is 21.3 Å². The molecule has 0 N–H and O–H groups in total. The number of amides is 1. The Hall–Kier alpha value is -1.78. The Morgan fingerprint density at radius 2 is 2.20 bits per heavy atom. The summed E-state index contributed by atoms with van der Waals surface area (Å²) < 4.78 is 30.9. The van der Waals surface area contributed by atoms with Gasteiger partial charge in [0.2, 0.25) is 21.8 Å². The highest BCUT2D eigenvalue weighted by atomic mass is 32.2. The molecule has 1 amide bonds. The second kappa shape index (κ2) is 7.22. The van der Waals surface area contributed by atoms with Gasteiger partial charge < -0.3 is 9.42 Å². The molecule has 1 unspecified atom stereocenters. The summed E-state index contributed by atoms with van der Waals surface area (Å²) in [6, 6.07) is 1.38. The monoisotopic (exact) mass is 384 g/mol. The van der Waals surface area contributed by atoms with Gasteiger partial charge in [-0.15, -0.1) is 0 Å². The van der Waals surface area contributed by atoms with Crippen LogP contribution in [0.25, 0.3) is 0 Å². The molecule has 0 aromatic carbocycles. The van der Waals surface area contributed by atoms with Crippen molar-refractivity contribution in [1.29, 1.82) is 0 Å². The van der Waals surface area contributed by atoms with E-state index in [1.54, 1.807) is 23.2 Å². The zero-order valence-corrected chi connectivity index (χ0v) is 15.7. The number of rotatable bonds is 4. The fourth-order valence-corrected chi connectivity index (χ4v) is 4.67. The highest BCUT2D eigenvalue weighted by Crippen LogP contribution is 2.28. The van der Waals surface area contributed by atoms with E-state index in [4.69, 9.17) is 4.52 Å². The topological polar surface area (TPSA) is 96.6 Å². The van der Waals surface area contributed by atoms with Crippen molar-refractivity contribution < 1.29 is 17.7 Å². The van der Waals surface area contributed by atoms with Gasteiger partial charge in [-0.3, -0.25) is 4.79 Å². The van der Waals surface area contributed by atoms with Crippen molar-refractivity contribution in [2.24, 2.45) is 0 Å².